The van der Waals surface area contributed by atoms with Gasteiger partial charge in [0.15, 0.2) is 6.61 Å². The van der Waals surface area contributed by atoms with Gasteiger partial charge < -0.3 is 10.1 Å². The molecule has 1 aliphatic heterocycles. The van der Waals surface area contributed by atoms with Crippen LogP contribution in [0.15, 0.2) is 12.4 Å². The molecule has 1 N–H and O–H groups in total. The van der Waals surface area contributed by atoms with Crippen molar-refractivity contribution in [3.8, 4) is 5.19 Å². The highest BCUT2D eigenvalue weighted by Crippen LogP contribution is 2.31. The van der Waals surface area contributed by atoms with E-state index in [0.717, 1.165) is 74.3 Å². The first-order valence-electron chi connectivity index (χ1n) is 11.3. The number of hydrogen-bond donors (Lipinski definition) is 1. The Morgan fingerprint density at radius 2 is 2.16 bits per heavy atom. The second kappa shape index (κ2) is 10.7. The number of hydrogen-bond acceptors (Lipinski definition) is 6. The molecular formula is C22H31F2N5O2S. The fourth-order valence-electron chi connectivity index (χ4n) is 4.60. The van der Waals surface area contributed by atoms with Gasteiger partial charge in [-0.3, -0.25) is 14.4 Å². The number of nitrogens with zero attached hydrogens (tertiary/aromatic N) is 4. The van der Waals surface area contributed by atoms with Gasteiger partial charge in [-0.1, -0.05) is 11.3 Å². The number of carbonyl (C=O) groups is 1. The number of amides is 1. The minimum absolute atomic E-state index is 0.0748. The number of alkyl halides is 2. The summed E-state index contributed by atoms with van der Waals surface area (Å²) in [6.07, 6.45) is 7.91. The minimum Gasteiger partial charge on any atom is -0.464 e. The molecule has 1 aliphatic carbocycles. The van der Waals surface area contributed by atoms with Gasteiger partial charge in [0.05, 0.1) is 18.3 Å². The van der Waals surface area contributed by atoms with Gasteiger partial charge in [-0.05, 0) is 56.6 Å². The highest BCUT2D eigenvalue weighted by Gasteiger charge is 2.25. The van der Waals surface area contributed by atoms with Crippen molar-refractivity contribution in [1.82, 2.24) is 25.0 Å². The van der Waals surface area contributed by atoms with Gasteiger partial charge in [0, 0.05) is 37.3 Å². The summed E-state index contributed by atoms with van der Waals surface area (Å²) < 4.78 is 31.5. The maximum absolute atomic E-state index is 12.3. The minimum atomic E-state index is -2.48. The van der Waals surface area contributed by atoms with Crippen LogP contribution in [0.3, 0.4) is 0 Å². The average molecular weight is 468 g/mol. The first-order valence-corrected chi connectivity index (χ1v) is 12.1. The van der Waals surface area contributed by atoms with Crippen LogP contribution in [-0.2, 0) is 31.2 Å². The van der Waals surface area contributed by atoms with Gasteiger partial charge in [0.25, 0.3) is 11.6 Å². The molecule has 0 atom stereocenters. The molecular weight excluding hydrogens is 436 g/mol. The monoisotopic (exact) mass is 467 g/mol. The van der Waals surface area contributed by atoms with Crippen LogP contribution < -0.4 is 10.1 Å². The molecule has 0 saturated heterocycles. The van der Waals surface area contributed by atoms with Crippen molar-refractivity contribution >= 4 is 17.2 Å². The maximum atomic E-state index is 12.3. The van der Waals surface area contributed by atoms with Crippen molar-refractivity contribution in [3.05, 3.63) is 28.5 Å². The molecule has 1 saturated carbocycles. The highest BCUT2D eigenvalue weighted by atomic mass is 32.1. The fraction of sp³-hybridized carbons (Fsp3) is 0.682. The standard InChI is InChI=1S/C22H31F2N5O2S/c1-28-12-16(11-25-28)10-21(30)26-17-4-2-15(3-5-17)6-8-29-9-7-19-18(13-29)27-22(32-19)31-14-20(23)24/h11-12,15,17,20H,2-10,13-14H2,1H3,(H,26,30). The number of nitrogens with one attached hydrogen (secondary N) is 1. The molecule has 10 heteroatoms. The van der Waals surface area contributed by atoms with Crippen molar-refractivity contribution in [3.63, 3.8) is 0 Å². The van der Waals surface area contributed by atoms with E-state index in [2.05, 4.69) is 20.3 Å². The third-order valence-electron chi connectivity index (χ3n) is 6.31. The highest BCUT2D eigenvalue weighted by molar-refractivity contribution is 7.13. The van der Waals surface area contributed by atoms with E-state index in [1.807, 2.05) is 13.2 Å². The molecule has 2 aromatic rings. The van der Waals surface area contributed by atoms with Gasteiger partial charge in [-0.25, -0.2) is 13.8 Å². The van der Waals surface area contributed by atoms with Gasteiger partial charge in [-0.2, -0.15) is 5.10 Å². The Bertz CT molecular complexity index is 895. The fourth-order valence-corrected chi connectivity index (χ4v) is 5.52. The molecule has 32 heavy (non-hydrogen) atoms. The van der Waals surface area contributed by atoms with E-state index in [-0.39, 0.29) is 11.9 Å². The summed E-state index contributed by atoms with van der Waals surface area (Å²) in [7, 11) is 1.85. The van der Waals surface area contributed by atoms with Crippen LogP contribution in [0.1, 0.15) is 48.2 Å². The first-order chi connectivity index (χ1) is 15.4. The number of aromatic nitrogens is 3. The predicted molar refractivity (Wildman–Crippen MR) is 118 cm³/mol. The van der Waals surface area contributed by atoms with E-state index >= 15 is 0 Å². The molecule has 2 aliphatic rings. The number of carbonyl (C=O) groups excluding carboxylic acids is 1. The van der Waals surface area contributed by atoms with Crippen molar-refractivity contribution < 1.29 is 18.3 Å². The van der Waals surface area contributed by atoms with Crippen LogP contribution in [0.25, 0.3) is 0 Å². The third-order valence-corrected chi connectivity index (χ3v) is 7.38. The van der Waals surface area contributed by atoms with Crippen molar-refractivity contribution in [2.24, 2.45) is 13.0 Å². The zero-order chi connectivity index (χ0) is 22.5. The van der Waals surface area contributed by atoms with Crippen LogP contribution in [-0.4, -0.2) is 57.7 Å². The van der Waals surface area contributed by atoms with Gasteiger partial charge in [0.2, 0.25) is 5.91 Å². The molecule has 0 aromatic carbocycles. The Morgan fingerprint density at radius 1 is 1.34 bits per heavy atom. The molecule has 4 rings (SSSR count). The molecule has 2 aromatic heterocycles. The molecule has 0 spiro atoms. The molecule has 1 fully saturated rings. The van der Waals surface area contributed by atoms with Crippen molar-refractivity contribution in [2.45, 2.75) is 64.0 Å². The van der Waals surface area contributed by atoms with Gasteiger partial charge in [-0.15, -0.1) is 0 Å². The zero-order valence-corrected chi connectivity index (χ0v) is 19.3. The lowest BCUT2D eigenvalue weighted by atomic mass is 9.84. The third kappa shape index (κ3) is 6.48. The van der Waals surface area contributed by atoms with Crippen molar-refractivity contribution in [2.75, 3.05) is 19.7 Å². The predicted octanol–water partition coefficient (Wildman–Crippen LogP) is 3.19. The molecule has 3 heterocycles. The lowest BCUT2D eigenvalue weighted by Crippen LogP contribution is -2.39. The summed E-state index contributed by atoms with van der Waals surface area (Å²) in [5, 5.41) is 7.65. The normalized spacial score (nSPS) is 21.5. The Balaban J connectivity index is 1.14. The Morgan fingerprint density at radius 3 is 2.88 bits per heavy atom. The van der Waals surface area contributed by atoms with Crippen LogP contribution >= 0.6 is 11.3 Å². The lowest BCUT2D eigenvalue weighted by molar-refractivity contribution is -0.121. The second-order valence-electron chi connectivity index (χ2n) is 8.85. The van der Waals surface area contributed by atoms with Crippen LogP contribution in [0.2, 0.25) is 0 Å². The Hall–Kier alpha value is -2.07. The van der Waals surface area contributed by atoms with Crippen LogP contribution in [0.4, 0.5) is 8.78 Å². The van der Waals surface area contributed by atoms with E-state index in [4.69, 9.17) is 4.74 Å². The number of aryl methyl sites for hydroxylation is 1. The van der Waals surface area contributed by atoms with E-state index in [9.17, 15) is 13.6 Å². The second-order valence-corrected chi connectivity index (χ2v) is 9.90. The molecule has 0 unspecified atom stereocenters. The summed E-state index contributed by atoms with van der Waals surface area (Å²) in [6.45, 7) is 2.17. The number of thiazole rings is 1. The SMILES string of the molecule is Cn1cc(CC(=O)NC2CCC(CCN3CCc4sc(OCC(F)F)nc4C3)CC2)cn1. The Kier molecular flexibility index (Phi) is 7.72. The number of ether oxygens (including phenoxy) is 1. The molecule has 0 radical (unpaired) electrons. The topological polar surface area (TPSA) is 72.3 Å². The van der Waals surface area contributed by atoms with E-state index in [1.54, 1.807) is 10.9 Å². The quantitative estimate of drug-likeness (QED) is 0.613. The molecule has 0 bridgehead atoms. The molecule has 1 amide bonds. The van der Waals surface area contributed by atoms with E-state index in [0.29, 0.717) is 17.5 Å². The van der Waals surface area contributed by atoms with E-state index < -0.39 is 13.0 Å². The van der Waals surface area contributed by atoms with Gasteiger partial charge >= 0.3 is 0 Å². The number of fused-ring (bicyclic) bond motifs is 1. The summed E-state index contributed by atoms with van der Waals surface area (Å²) in [5.41, 5.74) is 1.92. The number of halogens is 2. The molecule has 7 nitrogen and oxygen atoms in total. The average Bonchev–Trinajstić information content (AvgIpc) is 3.36. The summed E-state index contributed by atoms with van der Waals surface area (Å²) in [6, 6.07) is 0.273. The summed E-state index contributed by atoms with van der Waals surface area (Å²) in [5.74, 6) is 0.758. The number of rotatable bonds is 9. The zero-order valence-electron chi connectivity index (χ0n) is 18.4. The maximum Gasteiger partial charge on any atom is 0.273 e. The first kappa shape index (κ1) is 23.1. The summed E-state index contributed by atoms with van der Waals surface area (Å²) in [4.78, 5) is 20.3. The van der Waals surface area contributed by atoms with E-state index in [1.165, 1.54) is 11.3 Å². The Labute approximate surface area is 191 Å². The van der Waals surface area contributed by atoms with Crippen molar-refractivity contribution in [1.29, 1.82) is 0 Å². The smallest absolute Gasteiger partial charge is 0.273 e. The van der Waals surface area contributed by atoms with Crippen LogP contribution in [0, 0.1) is 5.92 Å². The largest absolute Gasteiger partial charge is 0.464 e. The molecule has 176 valence electrons. The summed E-state index contributed by atoms with van der Waals surface area (Å²) >= 11 is 1.40. The lowest BCUT2D eigenvalue weighted by Gasteiger charge is -2.32. The van der Waals surface area contributed by atoms with Gasteiger partial charge in [0.1, 0.15) is 0 Å². The van der Waals surface area contributed by atoms with Crippen LogP contribution in [0.5, 0.6) is 5.19 Å².